The molecule has 3 N–H and O–H groups in total. The molecule has 0 radical (unpaired) electrons. The van der Waals surface area contributed by atoms with Gasteiger partial charge in [0.15, 0.2) is 11.6 Å². The number of pyridine rings is 1. The minimum Gasteiger partial charge on any atom is -0.393 e. The normalized spacial score (nSPS) is 14.5. The fraction of sp³-hybridized carbons (Fsp3) is 0.250. The zero-order valence-electron chi connectivity index (χ0n) is 16.6. The van der Waals surface area contributed by atoms with Crippen LogP contribution < -0.4 is 20.9 Å². The molecular weight excluding hydrogens is 450 g/mol. The summed E-state index contributed by atoms with van der Waals surface area (Å²) in [5, 5.41) is 2.54. The third-order valence-electron chi connectivity index (χ3n) is 5.04. The van der Waals surface area contributed by atoms with Crippen LogP contribution in [0.15, 0.2) is 42.9 Å². The second kappa shape index (κ2) is 8.65. The number of benzene rings is 1. The van der Waals surface area contributed by atoms with Gasteiger partial charge in [0, 0.05) is 32.4 Å². The fourth-order valence-corrected chi connectivity index (χ4v) is 3.62. The van der Waals surface area contributed by atoms with Crippen molar-refractivity contribution in [1.29, 1.82) is 0 Å². The minimum atomic E-state index is -4.55. The van der Waals surface area contributed by atoms with Crippen molar-refractivity contribution in [3.63, 3.8) is 0 Å². The van der Waals surface area contributed by atoms with Crippen molar-refractivity contribution < 1.29 is 17.6 Å². The molecule has 0 atom stereocenters. The molecule has 0 aliphatic carbocycles. The van der Waals surface area contributed by atoms with Gasteiger partial charge in [-0.2, -0.15) is 13.2 Å². The Labute approximate surface area is 185 Å². The number of anilines is 5. The van der Waals surface area contributed by atoms with Crippen molar-refractivity contribution in [2.24, 2.45) is 0 Å². The molecular formula is C20H18ClF4N7. The van der Waals surface area contributed by atoms with Crippen LogP contribution in [0.3, 0.4) is 0 Å². The highest BCUT2D eigenvalue weighted by Crippen LogP contribution is 2.35. The number of nitrogens with two attached hydrogens (primary N) is 1. The van der Waals surface area contributed by atoms with E-state index in [1.807, 2.05) is 9.80 Å². The molecule has 12 heteroatoms. The third kappa shape index (κ3) is 4.47. The maximum atomic E-state index is 14.1. The molecule has 0 unspecified atom stereocenters. The lowest BCUT2D eigenvalue weighted by Crippen LogP contribution is -2.47. The van der Waals surface area contributed by atoms with Crippen LogP contribution in [0, 0.1) is 5.82 Å². The van der Waals surface area contributed by atoms with Crippen LogP contribution in [0.25, 0.3) is 0 Å². The third-order valence-corrected chi connectivity index (χ3v) is 5.33. The van der Waals surface area contributed by atoms with E-state index in [0.717, 1.165) is 6.07 Å². The molecule has 0 saturated carbocycles. The predicted octanol–water partition coefficient (Wildman–Crippen LogP) is 4.34. The van der Waals surface area contributed by atoms with E-state index in [4.69, 9.17) is 17.3 Å². The Bertz CT molecular complexity index is 1120. The van der Waals surface area contributed by atoms with Crippen LogP contribution in [0.5, 0.6) is 0 Å². The lowest BCUT2D eigenvalue weighted by Gasteiger charge is -2.37. The van der Waals surface area contributed by atoms with Gasteiger partial charge in [-0.25, -0.2) is 19.3 Å². The lowest BCUT2D eigenvalue weighted by atomic mass is 10.2. The molecule has 3 aromatic rings. The first kappa shape index (κ1) is 21.9. The second-order valence-electron chi connectivity index (χ2n) is 7.06. The van der Waals surface area contributed by atoms with Crippen molar-refractivity contribution in [2.75, 3.05) is 47.0 Å². The number of nitrogens with one attached hydrogen (secondary N) is 1. The van der Waals surface area contributed by atoms with Gasteiger partial charge in [0.1, 0.15) is 23.6 Å². The number of hydrogen-bond donors (Lipinski definition) is 2. The molecule has 1 aromatic carbocycles. The topological polar surface area (TPSA) is 83.2 Å². The number of alkyl halides is 3. The standard InChI is InChI=1S/C20H18ClF4N7/c21-13-9-12(20(23,24)25)10-27-17(13)30-18-16(26)19(29-11-28-18)32-7-5-31(6-8-32)15-4-2-1-3-14(15)22/h1-4,9-11H,5-8,26H2,(H,27,28,29,30). The van der Waals surface area contributed by atoms with Crippen molar-refractivity contribution in [3.05, 3.63) is 59.3 Å². The highest BCUT2D eigenvalue weighted by atomic mass is 35.5. The van der Waals surface area contributed by atoms with Crippen LogP contribution in [0.1, 0.15) is 5.56 Å². The molecule has 4 rings (SSSR count). The lowest BCUT2D eigenvalue weighted by molar-refractivity contribution is -0.137. The maximum Gasteiger partial charge on any atom is 0.417 e. The molecule has 32 heavy (non-hydrogen) atoms. The van der Waals surface area contributed by atoms with Crippen molar-refractivity contribution in [1.82, 2.24) is 15.0 Å². The molecule has 168 valence electrons. The summed E-state index contributed by atoms with van der Waals surface area (Å²) >= 11 is 5.96. The van der Waals surface area contributed by atoms with Crippen molar-refractivity contribution >= 4 is 40.4 Å². The predicted molar refractivity (Wildman–Crippen MR) is 115 cm³/mol. The van der Waals surface area contributed by atoms with E-state index in [1.54, 1.807) is 18.2 Å². The average Bonchev–Trinajstić information content (AvgIpc) is 2.76. The van der Waals surface area contributed by atoms with Gasteiger partial charge in [0.05, 0.1) is 16.3 Å². The fourth-order valence-electron chi connectivity index (χ4n) is 3.40. The monoisotopic (exact) mass is 467 g/mol. The van der Waals surface area contributed by atoms with Crippen molar-refractivity contribution in [2.45, 2.75) is 6.18 Å². The summed E-state index contributed by atoms with van der Waals surface area (Å²) in [4.78, 5) is 15.9. The largest absolute Gasteiger partial charge is 0.417 e. The van der Waals surface area contributed by atoms with Gasteiger partial charge in [-0.15, -0.1) is 0 Å². The second-order valence-corrected chi connectivity index (χ2v) is 7.47. The van der Waals surface area contributed by atoms with E-state index < -0.39 is 11.7 Å². The number of rotatable bonds is 4. The molecule has 1 aliphatic heterocycles. The van der Waals surface area contributed by atoms with Gasteiger partial charge in [-0.3, -0.25) is 0 Å². The number of aromatic nitrogens is 3. The molecule has 2 aromatic heterocycles. The molecule has 1 fully saturated rings. The number of hydrogen-bond acceptors (Lipinski definition) is 7. The van der Waals surface area contributed by atoms with Gasteiger partial charge < -0.3 is 20.9 Å². The Morgan fingerprint density at radius 3 is 2.31 bits per heavy atom. The van der Waals surface area contributed by atoms with Gasteiger partial charge in [0.25, 0.3) is 0 Å². The van der Waals surface area contributed by atoms with Crippen LogP contribution in [0.4, 0.5) is 46.4 Å². The van der Waals surface area contributed by atoms with E-state index >= 15 is 0 Å². The minimum absolute atomic E-state index is 0.0135. The van der Waals surface area contributed by atoms with E-state index in [9.17, 15) is 17.6 Å². The zero-order valence-corrected chi connectivity index (χ0v) is 17.3. The molecule has 7 nitrogen and oxygen atoms in total. The van der Waals surface area contributed by atoms with E-state index in [1.165, 1.54) is 12.4 Å². The van der Waals surface area contributed by atoms with E-state index in [-0.39, 0.29) is 28.2 Å². The summed E-state index contributed by atoms with van der Waals surface area (Å²) in [6.45, 7) is 2.18. The number of halogens is 5. The van der Waals surface area contributed by atoms with Gasteiger partial charge in [-0.05, 0) is 18.2 Å². The maximum absolute atomic E-state index is 14.1. The van der Waals surface area contributed by atoms with Crippen LogP contribution in [-0.4, -0.2) is 41.1 Å². The Hall–Kier alpha value is -3.34. The first-order valence-corrected chi connectivity index (χ1v) is 9.96. The van der Waals surface area contributed by atoms with E-state index in [0.29, 0.717) is 43.9 Å². The Kier molecular flexibility index (Phi) is 5.92. The molecule has 3 heterocycles. The quantitative estimate of drug-likeness (QED) is 0.552. The number of nitrogens with zero attached hydrogens (tertiary/aromatic N) is 5. The van der Waals surface area contributed by atoms with Gasteiger partial charge in [-0.1, -0.05) is 23.7 Å². The number of piperazine rings is 1. The highest BCUT2D eigenvalue weighted by Gasteiger charge is 2.31. The number of para-hydroxylation sites is 1. The Morgan fingerprint density at radius 1 is 0.969 bits per heavy atom. The van der Waals surface area contributed by atoms with E-state index in [2.05, 4.69) is 20.3 Å². The molecule has 0 spiro atoms. The van der Waals surface area contributed by atoms with Crippen LogP contribution in [-0.2, 0) is 6.18 Å². The van der Waals surface area contributed by atoms with Gasteiger partial charge in [0.2, 0.25) is 0 Å². The summed E-state index contributed by atoms with van der Waals surface area (Å²) in [5.41, 5.74) is 6.00. The molecule has 1 saturated heterocycles. The smallest absolute Gasteiger partial charge is 0.393 e. The highest BCUT2D eigenvalue weighted by molar-refractivity contribution is 6.33. The summed E-state index contributed by atoms with van der Waals surface area (Å²) < 4.78 is 52.5. The van der Waals surface area contributed by atoms with Crippen LogP contribution >= 0.6 is 11.6 Å². The van der Waals surface area contributed by atoms with Crippen LogP contribution in [0.2, 0.25) is 5.02 Å². The zero-order chi connectivity index (χ0) is 22.9. The summed E-state index contributed by atoms with van der Waals surface area (Å²) in [7, 11) is 0. The summed E-state index contributed by atoms with van der Waals surface area (Å²) in [6.07, 6.45) is -2.59. The Balaban J connectivity index is 1.50. The van der Waals surface area contributed by atoms with Gasteiger partial charge >= 0.3 is 6.18 Å². The van der Waals surface area contributed by atoms with Crippen molar-refractivity contribution in [3.8, 4) is 0 Å². The molecule has 0 bridgehead atoms. The first-order chi connectivity index (χ1) is 15.2. The summed E-state index contributed by atoms with van der Waals surface area (Å²) in [5.74, 6) is 0.328. The molecule has 1 aliphatic rings. The SMILES string of the molecule is Nc1c(Nc2ncc(C(F)(F)F)cc2Cl)ncnc1N1CCN(c2ccccc2F)CC1. The summed E-state index contributed by atoms with van der Waals surface area (Å²) in [6, 6.07) is 7.35. The number of nitrogen functional groups attached to an aromatic ring is 1. The molecule has 0 amide bonds. The average molecular weight is 468 g/mol. The first-order valence-electron chi connectivity index (χ1n) is 9.58. The Morgan fingerprint density at radius 2 is 1.66 bits per heavy atom.